The van der Waals surface area contributed by atoms with Gasteiger partial charge in [-0.3, -0.25) is 0 Å². The standard InChI is InChI=1S/C13H21NO2/c1-3-14-8-7-13(2,16)10-11-5-4-6-12(15)9-11/h4-6,9,14-16H,3,7-8,10H2,1-2H3. The fourth-order valence-corrected chi connectivity index (χ4v) is 1.73. The molecule has 0 aliphatic carbocycles. The van der Waals surface area contributed by atoms with Gasteiger partial charge in [0.1, 0.15) is 5.75 Å². The summed E-state index contributed by atoms with van der Waals surface area (Å²) >= 11 is 0. The van der Waals surface area contributed by atoms with E-state index in [1.807, 2.05) is 19.9 Å². The Labute approximate surface area is 97.1 Å². The van der Waals surface area contributed by atoms with Gasteiger partial charge in [-0.2, -0.15) is 0 Å². The van der Waals surface area contributed by atoms with Gasteiger partial charge in [-0.1, -0.05) is 19.1 Å². The molecule has 16 heavy (non-hydrogen) atoms. The summed E-state index contributed by atoms with van der Waals surface area (Å²) in [5, 5.41) is 22.7. The van der Waals surface area contributed by atoms with Crippen molar-refractivity contribution in [2.45, 2.75) is 32.3 Å². The average Bonchev–Trinajstić information content (AvgIpc) is 2.17. The maximum atomic E-state index is 10.2. The first-order valence-electron chi connectivity index (χ1n) is 5.74. The van der Waals surface area contributed by atoms with Gasteiger partial charge in [0.15, 0.2) is 0 Å². The molecule has 1 rings (SSSR count). The second-order valence-electron chi connectivity index (χ2n) is 4.45. The van der Waals surface area contributed by atoms with E-state index < -0.39 is 5.60 Å². The van der Waals surface area contributed by atoms with Crippen LogP contribution in [-0.4, -0.2) is 28.9 Å². The highest BCUT2D eigenvalue weighted by Gasteiger charge is 2.20. The van der Waals surface area contributed by atoms with Crippen LogP contribution < -0.4 is 5.32 Å². The summed E-state index contributed by atoms with van der Waals surface area (Å²) < 4.78 is 0. The Hall–Kier alpha value is -1.06. The Morgan fingerprint density at radius 1 is 1.38 bits per heavy atom. The Kier molecular flexibility index (Phi) is 4.77. The Morgan fingerprint density at radius 3 is 2.75 bits per heavy atom. The summed E-state index contributed by atoms with van der Waals surface area (Å²) in [6, 6.07) is 7.05. The first kappa shape index (κ1) is 13.0. The van der Waals surface area contributed by atoms with Crippen LogP contribution in [0.25, 0.3) is 0 Å². The minimum absolute atomic E-state index is 0.250. The van der Waals surface area contributed by atoms with E-state index in [-0.39, 0.29) is 5.75 Å². The molecule has 1 unspecified atom stereocenters. The van der Waals surface area contributed by atoms with Crippen LogP contribution in [-0.2, 0) is 6.42 Å². The number of nitrogens with one attached hydrogen (secondary N) is 1. The van der Waals surface area contributed by atoms with Gasteiger partial charge in [0, 0.05) is 6.42 Å². The van der Waals surface area contributed by atoms with E-state index in [2.05, 4.69) is 5.32 Å². The lowest BCUT2D eigenvalue weighted by Gasteiger charge is -2.23. The van der Waals surface area contributed by atoms with Crippen molar-refractivity contribution in [2.24, 2.45) is 0 Å². The van der Waals surface area contributed by atoms with Gasteiger partial charge in [-0.15, -0.1) is 0 Å². The molecule has 0 saturated carbocycles. The predicted molar refractivity (Wildman–Crippen MR) is 65.6 cm³/mol. The maximum absolute atomic E-state index is 10.2. The molecule has 0 aliphatic heterocycles. The third kappa shape index (κ3) is 4.64. The van der Waals surface area contributed by atoms with E-state index in [0.29, 0.717) is 12.8 Å². The summed E-state index contributed by atoms with van der Waals surface area (Å²) in [5.74, 6) is 0.250. The van der Waals surface area contributed by atoms with Gasteiger partial charge in [0.2, 0.25) is 0 Å². The summed E-state index contributed by atoms with van der Waals surface area (Å²) in [6.07, 6.45) is 1.27. The molecule has 0 aliphatic rings. The first-order chi connectivity index (χ1) is 7.53. The molecular weight excluding hydrogens is 202 g/mol. The van der Waals surface area contributed by atoms with Crippen LogP contribution in [0, 0.1) is 0 Å². The highest BCUT2D eigenvalue weighted by Crippen LogP contribution is 2.19. The van der Waals surface area contributed by atoms with Gasteiger partial charge in [0.25, 0.3) is 0 Å². The average molecular weight is 223 g/mol. The second kappa shape index (κ2) is 5.87. The number of aromatic hydroxyl groups is 1. The van der Waals surface area contributed by atoms with Gasteiger partial charge in [-0.25, -0.2) is 0 Å². The van der Waals surface area contributed by atoms with Gasteiger partial charge >= 0.3 is 0 Å². The number of benzene rings is 1. The molecule has 3 nitrogen and oxygen atoms in total. The zero-order chi connectivity index (χ0) is 12.0. The SMILES string of the molecule is CCNCCC(C)(O)Cc1cccc(O)c1. The highest BCUT2D eigenvalue weighted by molar-refractivity contribution is 5.28. The first-order valence-corrected chi connectivity index (χ1v) is 5.74. The molecule has 90 valence electrons. The molecule has 0 bridgehead atoms. The lowest BCUT2D eigenvalue weighted by molar-refractivity contribution is 0.0517. The monoisotopic (exact) mass is 223 g/mol. The fraction of sp³-hybridized carbons (Fsp3) is 0.538. The highest BCUT2D eigenvalue weighted by atomic mass is 16.3. The summed E-state index contributed by atoms with van der Waals surface area (Å²) in [4.78, 5) is 0. The molecule has 0 radical (unpaired) electrons. The lowest BCUT2D eigenvalue weighted by atomic mass is 9.93. The van der Waals surface area contributed by atoms with Crippen molar-refractivity contribution in [1.29, 1.82) is 0 Å². The van der Waals surface area contributed by atoms with Crippen LogP contribution in [0.3, 0.4) is 0 Å². The van der Waals surface area contributed by atoms with Crippen molar-refractivity contribution in [3.63, 3.8) is 0 Å². The normalized spacial score (nSPS) is 14.7. The Balaban J connectivity index is 2.51. The summed E-state index contributed by atoms with van der Waals surface area (Å²) in [6.45, 7) is 5.60. The van der Waals surface area contributed by atoms with E-state index in [4.69, 9.17) is 0 Å². The van der Waals surface area contributed by atoms with Gasteiger partial charge < -0.3 is 15.5 Å². The molecule has 1 aromatic carbocycles. The van der Waals surface area contributed by atoms with E-state index in [0.717, 1.165) is 18.7 Å². The summed E-state index contributed by atoms with van der Waals surface area (Å²) in [7, 11) is 0. The molecule has 1 aromatic rings. The molecular formula is C13H21NO2. The van der Waals surface area contributed by atoms with E-state index in [1.165, 1.54) is 0 Å². The smallest absolute Gasteiger partial charge is 0.115 e. The van der Waals surface area contributed by atoms with Crippen molar-refractivity contribution in [3.05, 3.63) is 29.8 Å². The fourth-order valence-electron chi connectivity index (χ4n) is 1.73. The molecule has 0 aromatic heterocycles. The number of aliphatic hydroxyl groups is 1. The summed E-state index contributed by atoms with van der Waals surface area (Å²) in [5.41, 5.74) is 0.233. The van der Waals surface area contributed by atoms with Crippen LogP contribution >= 0.6 is 0 Å². The van der Waals surface area contributed by atoms with E-state index in [9.17, 15) is 10.2 Å². The van der Waals surface area contributed by atoms with E-state index in [1.54, 1.807) is 18.2 Å². The maximum Gasteiger partial charge on any atom is 0.115 e. The number of phenolic OH excluding ortho intramolecular Hbond substituents is 1. The quantitative estimate of drug-likeness (QED) is 0.643. The van der Waals surface area contributed by atoms with Crippen LogP contribution in [0.5, 0.6) is 5.75 Å². The molecule has 0 saturated heterocycles. The number of hydrogen-bond acceptors (Lipinski definition) is 3. The minimum atomic E-state index is -0.726. The second-order valence-corrected chi connectivity index (χ2v) is 4.45. The zero-order valence-corrected chi connectivity index (χ0v) is 10.0. The van der Waals surface area contributed by atoms with Crippen molar-refractivity contribution in [2.75, 3.05) is 13.1 Å². The van der Waals surface area contributed by atoms with Crippen molar-refractivity contribution in [1.82, 2.24) is 5.32 Å². The molecule has 3 N–H and O–H groups in total. The molecule has 1 atom stereocenters. The van der Waals surface area contributed by atoms with E-state index >= 15 is 0 Å². The zero-order valence-electron chi connectivity index (χ0n) is 10.0. The van der Waals surface area contributed by atoms with Crippen LogP contribution in [0.2, 0.25) is 0 Å². The number of hydrogen-bond donors (Lipinski definition) is 3. The van der Waals surface area contributed by atoms with Crippen LogP contribution in [0.4, 0.5) is 0 Å². The minimum Gasteiger partial charge on any atom is -0.508 e. The van der Waals surface area contributed by atoms with Crippen LogP contribution in [0.1, 0.15) is 25.8 Å². The number of rotatable bonds is 6. The molecule has 0 amide bonds. The molecule has 0 heterocycles. The predicted octanol–water partition coefficient (Wildman–Crippen LogP) is 1.69. The lowest BCUT2D eigenvalue weighted by Crippen LogP contribution is -2.32. The molecule has 0 spiro atoms. The van der Waals surface area contributed by atoms with Gasteiger partial charge in [-0.05, 0) is 44.1 Å². The molecule has 3 heteroatoms. The molecule has 0 fully saturated rings. The third-order valence-corrected chi connectivity index (χ3v) is 2.59. The van der Waals surface area contributed by atoms with Crippen molar-refractivity contribution >= 4 is 0 Å². The Bertz CT molecular complexity index is 323. The van der Waals surface area contributed by atoms with Crippen LogP contribution in [0.15, 0.2) is 24.3 Å². The topological polar surface area (TPSA) is 52.5 Å². The third-order valence-electron chi connectivity index (χ3n) is 2.59. The van der Waals surface area contributed by atoms with Gasteiger partial charge in [0.05, 0.1) is 5.60 Å². The number of phenols is 1. The van der Waals surface area contributed by atoms with Crippen molar-refractivity contribution < 1.29 is 10.2 Å². The Morgan fingerprint density at radius 2 is 2.12 bits per heavy atom. The largest absolute Gasteiger partial charge is 0.508 e. The van der Waals surface area contributed by atoms with Crippen molar-refractivity contribution in [3.8, 4) is 5.75 Å².